The third kappa shape index (κ3) is 8.09. The lowest BCUT2D eigenvalue weighted by Gasteiger charge is -2.32. The molecule has 9 heteroatoms. The molecule has 2 N–H and O–H groups in total. The highest BCUT2D eigenvalue weighted by Crippen LogP contribution is 2.23. The molecular formula is C24H30FN3O4S. The largest absolute Gasteiger partial charge is 0.350 e. The fourth-order valence-corrected chi connectivity index (χ4v) is 4.00. The molecule has 2 rings (SSSR count). The van der Waals surface area contributed by atoms with Crippen LogP contribution in [0.25, 0.3) is 0 Å². The lowest BCUT2D eigenvalue weighted by Crippen LogP contribution is -2.54. The van der Waals surface area contributed by atoms with Gasteiger partial charge in [-0.3, -0.25) is 23.5 Å². The molecule has 2 atom stereocenters. The van der Waals surface area contributed by atoms with E-state index in [0.29, 0.717) is 11.4 Å². The van der Waals surface area contributed by atoms with E-state index in [4.69, 9.17) is 0 Å². The Labute approximate surface area is 196 Å². The van der Waals surface area contributed by atoms with Crippen molar-refractivity contribution in [2.24, 2.45) is 0 Å². The van der Waals surface area contributed by atoms with Crippen molar-refractivity contribution >= 4 is 39.9 Å². The van der Waals surface area contributed by atoms with Crippen molar-refractivity contribution in [2.45, 2.75) is 46.2 Å². The van der Waals surface area contributed by atoms with Crippen LogP contribution in [0.5, 0.6) is 0 Å². The molecule has 0 unspecified atom stereocenters. The maximum Gasteiger partial charge on any atom is 0.243 e. The number of hydrogen-bond donors (Lipinski definition) is 2. The van der Waals surface area contributed by atoms with Crippen LogP contribution in [0.4, 0.5) is 15.8 Å². The van der Waals surface area contributed by atoms with Crippen LogP contribution in [-0.4, -0.2) is 45.0 Å². The lowest BCUT2D eigenvalue weighted by molar-refractivity contribution is -0.126. The van der Waals surface area contributed by atoms with Crippen molar-refractivity contribution in [1.29, 1.82) is 0 Å². The minimum absolute atomic E-state index is 0.348. The summed E-state index contributed by atoms with van der Waals surface area (Å²) in [6.07, 6.45) is 0. The number of nitrogens with one attached hydrogen (secondary N) is 2. The molecule has 3 amide bonds. The van der Waals surface area contributed by atoms with Gasteiger partial charge in [0.25, 0.3) is 0 Å². The number of anilines is 2. The molecule has 0 bridgehead atoms. The van der Waals surface area contributed by atoms with Crippen LogP contribution in [0.1, 0.15) is 33.3 Å². The summed E-state index contributed by atoms with van der Waals surface area (Å²) in [5.41, 5.74) is 1.18. The molecule has 0 aliphatic heterocycles. The zero-order chi connectivity index (χ0) is 24.8. The Balaban J connectivity index is 2.14. The minimum atomic E-state index is -1.82. The van der Waals surface area contributed by atoms with Gasteiger partial charge in [-0.2, -0.15) is 0 Å². The number of aryl methyl sites for hydroxylation is 1. The molecule has 0 heterocycles. The molecule has 2 aromatic rings. The van der Waals surface area contributed by atoms with Gasteiger partial charge in [-0.05, 0) is 70.5 Å². The van der Waals surface area contributed by atoms with Crippen LogP contribution in [0.3, 0.4) is 0 Å². The summed E-state index contributed by atoms with van der Waals surface area (Å²) in [4.78, 5) is 39.5. The molecule has 2 aromatic carbocycles. The fourth-order valence-electron chi connectivity index (χ4n) is 3.12. The first kappa shape index (κ1) is 26.2. The Morgan fingerprint density at radius 2 is 1.64 bits per heavy atom. The van der Waals surface area contributed by atoms with E-state index in [1.165, 1.54) is 29.2 Å². The number of carbonyl (C=O) groups excluding carboxylic acids is 3. The number of para-hydroxylation sites is 1. The van der Waals surface area contributed by atoms with Crippen LogP contribution in [0.15, 0.2) is 48.5 Å². The van der Waals surface area contributed by atoms with Gasteiger partial charge in [0.2, 0.25) is 17.7 Å². The predicted octanol–water partition coefficient (Wildman–Crippen LogP) is 3.16. The van der Waals surface area contributed by atoms with E-state index in [1.54, 1.807) is 19.1 Å². The first-order valence-corrected chi connectivity index (χ1v) is 12.0. The van der Waals surface area contributed by atoms with Gasteiger partial charge in [0, 0.05) is 27.7 Å². The van der Waals surface area contributed by atoms with Crippen LogP contribution >= 0.6 is 0 Å². The third-order valence-electron chi connectivity index (χ3n) is 4.61. The standard InChI is InChI=1S/C24H30FN3O4S/c1-16-8-6-7-9-20(16)28(17(2)23(31)27-24(3,4)5)22(30)15-33(32)14-21(29)26-19-12-10-18(25)11-13-19/h6-13,17H,14-15H2,1-5H3,(H,26,29)(H,27,31)/t17-,33-/m1/s1. The smallest absolute Gasteiger partial charge is 0.243 e. The van der Waals surface area contributed by atoms with E-state index in [-0.39, 0.29) is 5.91 Å². The molecule has 0 saturated heterocycles. The van der Waals surface area contributed by atoms with E-state index in [0.717, 1.165) is 5.56 Å². The van der Waals surface area contributed by atoms with Crippen LogP contribution in [0, 0.1) is 12.7 Å². The Bertz CT molecular complexity index is 1030. The highest BCUT2D eigenvalue weighted by Gasteiger charge is 2.31. The summed E-state index contributed by atoms with van der Waals surface area (Å²) in [5, 5.41) is 5.38. The van der Waals surface area contributed by atoms with Gasteiger partial charge >= 0.3 is 0 Å². The Morgan fingerprint density at radius 3 is 2.21 bits per heavy atom. The first-order chi connectivity index (χ1) is 15.4. The molecule has 0 aliphatic carbocycles. The van der Waals surface area contributed by atoms with E-state index in [9.17, 15) is 23.0 Å². The van der Waals surface area contributed by atoms with Gasteiger partial charge in [0.15, 0.2) is 0 Å². The van der Waals surface area contributed by atoms with E-state index in [1.807, 2.05) is 39.8 Å². The molecule has 0 spiro atoms. The van der Waals surface area contributed by atoms with Crippen molar-refractivity contribution in [1.82, 2.24) is 5.32 Å². The van der Waals surface area contributed by atoms with Crippen molar-refractivity contribution in [3.63, 3.8) is 0 Å². The fraction of sp³-hybridized carbons (Fsp3) is 0.375. The van der Waals surface area contributed by atoms with Crippen molar-refractivity contribution in [3.8, 4) is 0 Å². The summed E-state index contributed by atoms with van der Waals surface area (Å²) in [5.74, 6) is -2.73. The Hall–Kier alpha value is -3.07. The van der Waals surface area contributed by atoms with Crippen molar-refractivity contribution in [2.75, 3.05) is 21.7 Å². The van der Waals surface area contributed by atoms with Crippen LogP contribution in [0.2, 0.25) is 0 Å². The number of amides is 3. The maximum atomic E-state index is 13.2. The molecule has 0 aliphatic rings. The average Bonchev–Trinajstić information content (AvgIpc) is 2.69. The van der Waals surface area contributed by atoms with Crippen LogP contribution in [-0.2, 0) is 25.2 Å². The zero-order valence-electron chi connectivity index (χ0n) is 19.5. The predicted molar refractivity (Wildman–Crippen MR) is 129 cm³/mol. The molecule has 7 nitrogen and oxygen atoms in total. The molecule has 33 heavy (non-hydrogen) atoms. The van der Waals surface area contributed by atoms with Crippen molar-refractivity contribution in [3.05, 3.63) is 59.9 Å². The molecule has 0 aromatic heterocycles. The topological polar surface area (TPSA) is 95.6 Å². The second kappa shape index (κ2) is 11.2. The van der Waals surface area contributed by atoms with E-state index in [2.05, 4.69) is 10.6 Å². The highest BCUT2D eigenvalue weighted by atomic mass is 32.2. The summed E-state index contributed by atoms with van der Waals surface area (Å²) < 4.78 is 25.6. The molecule has 0 radical (unpaired) electrons. The second-order valence-electron chi connectivity index (χ2n) is 8.75. The quantitative estimate of drug-likeness (QED) is 0.613. The molecule has 0 fully saturated rings. The lowest BCUT2D eigenvalue weighted by atomic mass is 10.1. The monoisotopic (exact) mass is 475 g/mol. The highest BCUT2D eigenvalue weighted by molar-refractivity contribution is 7.86. The number of nitrogens with zero attached hydrogens (tertiary/aromatic N) is 1. The van der Waals surface area contributed by atoms with Crippen molar-refractivity contribution < 1.29 is 23.0 Å². The summed E-state index contributed by atoms with van der Waals surface area (Å²) in [6.45, 7) is 8.94. The normalized spacial score (nSPS) is 13.0. The summed E-state index contributed by atoms with van der Waals surface area (Å²) >= 11 is 0. The second-order valence-corrected chi connectivity index (χ2v) is 10.2. The van der Waals surface area contributed by atoms with Gasteiger partial charge in [-0.1, -0.05) is 18.2 Å². The Kier molecular flexibility index (Phi) is 8.87. The minimum Gasteiger partial charge on any atom is -0.350 e. The Morgan fingerprint density at radius 1 is 1.03 bits per heavy atom. The zero-order valence-corrected chi connectivity index (χ0v) is 20.3. The number of benzene rings is 2. The summed E-state index contributed by atoms with van der Waals surface area (Å²) in [7, 11) is -1.82. The van der Waals surface area contributed by atoms with Gasteiger partial charge in [-0.25, -0.2) is 4.39 Å². The van der Waals surface area contributed by atoms with Gasteiger partial charge in [0.1, 0.15) is 23.4 Å². The van der Waals surface area contributed by atoms with Crippen LogP contribution < -0.4 is 15.5 Å². The van der Waals surface area contributed by atoms with Gasteiger partial charge < -0.3 is 10.6 Å². The first-order valence-electron chi connectivity index (χ1n) is 10.5. The molecular weight excluding hydrogens is 445 g/mol. The number of halogens is 1. The number of rotatable bonds is 8. The maximum absolute atomic E-state index is 13.2. The van der Waals surface area contributed by atoms with E-state index >= 15 is 0 Å². The third-order valence-corrected chi connectivity index (χ3v) is 5.77. The van der Waals surface area contributed by atoms with Gasteiger partial charge in [-0.15, -0.1) is 0 Å². The summed E-state index contributed by atoms with van der Waals surface area (Å²) in [6, 6.07) is 11.4. The SMILES string of the molecule is Cc1ccccc1N(C(=O)C[S@](=O)CC(=O)Nc1ccc(F)cc1)[C@H](C)C(=O)NC(C)(C)C. The molecule has 178 valence electrons. The van der Waals surface area contributed by atoms with E-state index < -0.39 is 51.5 Å². The molecule has 0 saturated carbocycles. The number of hydrogen-bond acceptors (Lipinski definition) is 4. The van der Waals surface area contributed by atoms with Gasteiger partial charge in [0.05, 0.1) is 0 Å². The number of carbonyl (C=O) groups is 3. The average molecular weight is 476 g/mol.